The fourth-order valence-corrected chi connectivity index (χ4v) is 3.51. The molecular formula is C17H12N2OS2. The van der Waals surface area contributed by atoms with Gasteiger partial charge in [-0.15, -0.1) is 24.0 Å². The van der Waals surface area contributed by atoms with Crippen molar-refractivity contribution in [2.45, 2.75) is 12.0 Å². The van der Waals surface area contributed by atoms with E-state index in [1.54, 1.807) is 11.3 Å². The van der Waals surface area contributed by atoms with Gasteiger partial charge in [-0.25, -0.2) is 9.97 Å². The molecule has 0 aliphatic rings. The van der Waals surface area contributed by atoms with E-state index in [0.29, 0.717) is 16.7 Å². The second-order valence-corrected chi connectivity index (χ2v) is 6.46. The summed E-state index contributed by atoms with van der Waals surface area (Å²) in [4.78, 5) is 9.19. The van der Waals surface area contributed by atoms with E-state index in [-0.39, 0.29) is 0 Å². The summed E-state index contributed by atoms with van der Waals surface area (Å²) < 4.78 is 6.84. The number of fused-ring (bicyclic) bond motifs is 1. The summed E-state index contributed by atoms with van der Waals surface area (Å²) in [5.74, 6) is 0.569. The first-order valence-corrected chi connectivity index (χ1v) is 8.10. The Bertz CT molecular complexity index is 921. The van der Waals surface area contributed by atoms with E-state index in [9.17, 15) is 0 Å². The third-order valence-corrected chi connectivity index (χ3v) is 4.75. The number of oxazole rings is 1. The van der Waals surface area contributed by atoms with E-state index in [2.05, 4.69) is 35.6 Å². The van der Waals surface area contributed by atoms with Gasteiger partial charge >= 0.3 is 0 Å². The molecule has 2 aromatic carbocycles. The lowest BCUT2D eigenvalue weighted by atomic mass is 10.1. The van der Waals surface area contributed by atoms with Crippen LogP contribution in [0.5, 0.6) is 0 Å². The Morgan fingerprint density at radius 3 is 2.55 bits per heavy atom. The van der Waals surface area contributed by atoms with Crippen molar-refractivity contribution >= 4 is 34.2 Å². The first-order valence-electron chi connectivity index (χ1n) is 6.83. The van der Waals surface area contributed by atoms with Gasteiger partial charge in [0.2, 0.25) is 5.89 Å². The molecule has 108 valence electrons. The number of para-hydroxylation sites is 1. The van der Waals surface area contributed by atoms with Crippen LogP contribution in [0.25, 0.3) is 32.4 Å². The van der Waals surface area contributed by atoms with Crippen molar-refractivity contribution in [2.75, 3.05) is 0 Å². The molecule has 0 bridgehead atoms. The standard InChI is InChI=1S/C17H12N2OS2/c1-10-6-8-11(9-7-10)15-19-14(17(21)20-15)16-18-12-4-2-3-5-13(12)22-16/h2-9,21H,1H3. The lowest BCUT2D eigenvalue weighted by Crippen LogP contribution is -1.80. The number of hydrogen-bond acceptors (Lipinski definition) is 5. The van der Waals surface area contributed by atoms with Crippen LogP contribution in [-0.4, -0.2) is 9.97 Å². The molecule has 5 heteroatoms. The van der Waals surface area contributed by atoms with Crippen molar-refractivity contribution < 1.29 is 4.42 Å². The molecule has 2 aromatic heterocycles. The van der Waals surface area contributed by atoms with Gasteiger partial charge in [0.1, 0.15) is 5.01 Å². The number of aryl methyl sites for hydroxylation is 1. The summed E-state index contributed by atoms with van der Waals surface area (Å²) in [6.07, 6.45) is 0. The minimum absolute atomic E-state index is 0.495. The molecule has 0 aliphatic heterocycles. The van der Waals surface area contributed by atoms with Gasteiger partial charge in [-0.3, -0.25) is 0 Å². The van der Waals surface area contributed by atoms with Crippen LogP contribution >= 0.6 is 24.0 Å². The summed E-state index contributed by atoms with van der Waals surface area (Å²) in [5, 5.41) is 1.32. The average molecular weight is 324 g/mol. The van der Waals surface area contributed by atoms with Crippen molar-refractivity contribution in [1.82, 2.24) is 9.97 Å². The summed E-state index contributed by atoms with van der Waals surface area (Å²) in [7, 11) is 0. The highest BCUT2D eigenvalue weighted by Gasteiger charge is 2.17. The van der Waals surface area contributed by atoms with Crippen LogP contribution in [0, 0.1) is 6.92 Å². The van der Waals surface area contributed by atoms with Gasteiger partial charge in [0.15, 0.2) is 10.8 Å². The van der Waals surface area contributed by atoms with Crippen LogP contribution in [0.1, 0.15) is 5.56 Å². The highest BCUT2D eigenvalue weighted by molar-refractivity contribution is 7.80. The summed E-state index contributed by atoms with van der Waals surface area (Å²) in [6, 6.07) is 16.1. The van der Waals surface area contributed by atoms with Crippen LogP contribution < -0.4 is 0 Å². The predicted molar refractivity (Wildman–Crippen MR) is 92.5 cm³/mol. The van der Waals surface area contributed by atoms with Crippen molar-refractivity contribution in [3.05, 3.63) is 54.1 Å². The molecule has 0 saturated heterocycles. The topological polar surface area (TPSA) is 38.9 Å². The van der Waals surface area contributed by atoms with Crippen molar-refractivity contribution in [3.63, 3.8) is 0 Å². The van der Waals surface area contributed by atoms with E-state index >= 15 is 0 Å². The first kappa shape index (κ1) is 13.5. The van der Waals surface area contributed by atoms with Gasteiger partial charge in [0.05, 0.1) is 10.2 Å². The fourth-order valence-electron chi connectivity index (χ4n) is 2.24. The third-order valence-electron chi connectivity index (χ3n) is 3.40. The molecule has 3 nitrogen and oxygen atoms in total. The van der Waals surface area contributed by atoms with Crippen LogP contribution in [0.4, 0.5) is 0 Å². The second-order valence-electron chi connectivity index (χ2n) is 5.03. The Morgan fingerprint density at radius 1 is 1.00 bits per heavy atom. The smallest absolute Gasteiger partial charge is 0.228 e. The Labute approximate surface area is 137 Å². The van der Waals surface area contributed by atoms with Crippen LogP contribution in [0.3, 0.4) is 0 Å². The second kappa shape index (κ2) is 5.26. The Balaban J connectivity index is 1.81. The van der Waals surface area contributed by atoms with Gasteiger partial charge in [-0.2, -0.15) is 0 Å². The molecule has 0 saturated carbocycles. The monoisotopic (exact) mass is 324 g/mol. The molecule has 0 N–H and O–H groups in total. The van der Waals surface area contributed by atoms with Crippen LogP contribution in [-0.2, 0) is 0 Å². The molecule has 0 spiro atoms. The van der Waals surface area contributed by atoms with Gasteiger partial charge in [-0.05, 0) is 31.2 Å². The molecule has 4 aromatic rings. The number of thiol groups is 1. The number of aromatic nitrogens is 2. The lowest BCUT2D eigenvalue weighted by molar-refractivity contribution is 0.487. The van der Waals surface area contributed by atoms with Gasteiger partial charge in [0, 0.05) is 5.56 Å². The number of thiazole rings is 1. The van der Waals surface area contributed by atoms with E-state index < -0.39 is 0 Å². The highest BCUT2D eigenvalue weighted by atomic mass is 32.1. The zero-order valence-electron chi connectivity index (χ0n) is 11.8. The maximum Gasteiger partial charge on any atom is 0.228 e. The van der Waals surface area contributed by atoms with Crippen LogP contribution in [0.15, 0.2) is 58.0 Å². The predicted octanol–water partition coefficient (Wildman–Crippen LogP) is 5.22. The van der Waals surface area contributed by atoms with E-state index in [1.165, 1.54) is 5.56 Å². The van der Waals surface area contributed by atoms with E-state index in [4.69, 9.17) is 4.42 Å². The molecule has 0 aliphatic carbocycles. The van der Waals surface area contributed by atoms with Crippen molar-refractivity contribution in [3.8, 4) is 22.2 Å². The number of hydrogen-bond donors (Lipinski definition) is 1. The Kier molecular flexibility index (Phi) is 3.24. The zero-order chi connectivity index (χ0) is 15.1. The molecule has 22 heavy (non-hydrogen) atoms. The minimum atomic E-state index is 0.495. The third kappa shape index (κ3) is 2.32. The summed E-state index contributed by atoms with van der Waals surface area (Å²) >= 11 is 6.01. The molecule has 0 radical (unpaired) electrons. The van der Waals surface area contributed by atoms with Gasteiger partial charge in [-0.1, -0.05) is 29.8 Å². The molecule has 0 atom stereocenters. The molecule has 4 rings (SSSR count). The van der Waals surface area contributed by atoms with E-state index in [0.717, 1.165) is 20.8 Å². The Hall–Kier alpha value is -2.11. The average Bonchev–Trinajstić information content (AvgIpc) is 3.11. The highest BCUT2D eigenvalue weighted by Crippen LogP contribution is 2.35. The molecular weight excluding hydrogens is 312 g/mol. The SMILES string of the molecule is Cc1ccc(-c2nc(-c3nc4ccccc4s3)c(S)o2)cc1. The zero-order valence-corrected chi connectivity index (χ0v) is 13.5. The molecule has 2 heterocycles. The quantitative estimate of drug-likeness (QED) is 0.514. The maximum atomic E-state index is 5.71. The summed E-state index contributed by atoms with van der Waals surface area (Å²) in [5.41, 5.74) is 3.80. The number of nitrogens with zero attached hydrogens (tertiary/aromatic N) is 2. The minimum Gasteiger partial charge on any atom is -0.429 e. The lowest BCUT2D eigenvalue weighted by Gasteiger charge is -1.95. The normalized spacial score (nSPS) is 11.2. The van der Waals surface area contributed by atoms with E-state index in [1.807, 2.05) is 42.5 Å². The van der Waals surface area contributed by atoms with Crippen molar-refractivity contribution in [2.24, 2.45) is 0 Å². The molecule has 0 unspecified atom stereocenters. The van der Waals surface area contributed by atoms with Gasteiger partial charge < -0.3 is 4.42 Å². The largest absolute Gasteiger partial charge is 0.429 e. The fraction of sp³-hybridized carbons (Fsp3) is 0.0588. The molecule has 0 amide bonds. The molecule has 0 fully saturated rings. The van der Waals surface area contributed by atoms with Gasteiger partial charge in [0.25, 0.3) is 0 Å². The maximum absolute atomic E-state index is 5.71. The summed E-state index contributed by atoms with van der Waals surface area (Å²) in [6.45, 7) is 2.05. The Morgan fingerprint density at radius 2 is 1.77 bits per heavy atom. The van der Waals surface area contributed by atoms with Crippen LogP contribution in [0.2, 0.25) is 0 Å². The number of rotatable bonds is 2. The first-order chi connectivity index (χ1) is 10.7. The number of benzene rings is 2. The van der Waals surface area contributed by atoms with Crippen molar-refractivity contribution in [1.29, 1.82) is 0 Å².